The lowest BCUT2D eigenvalue weighted by Gasteiger charge is -1.98. The first kappa shape index (κ1) is 7.81. The molecule has 0 amide bonds. The Morgan fingerprint density at radius 2 is 1.89 bits per heavy atom. The van der Waals surface area contributed by atoms with Crippen LogP contribution in [0.1, 0.15) is 6.92 Å². The number of rotatable bonds is 1. The summed E-state index contributed by atoms with van der Waals surface area (Å²) in [6.45, 7) is 1.50. The number of carbonyl (C=O) groups is 1. The molecule has 0 aliphatic carbocycles. The number of esters is 1. The maximum absolute atomic E-state index is 10.5. The van der Waals surface area contributed by atoms with E-state index in [1.165, 1.54) is 14.0 Å². The summed E-state index contributed by atoms with van der Waals surface area (Å²) < 4.78 is 4.32. The zero-order valence-corrected chi connectivity index (χ0v) is 5.47. The second-order valence-electron chi connectivity index (χ2n) is 1.57. The smallest absolute Gasteiger partial charge is 0.337 e. The molecule has 0 aliphatic heterocycles. The van der Waals surface area contributed by atoms with Crippen LogP contribution in [0.4, 0.5) is 0 Å². The lowest BCUT2D eigenvalue weighted by atomic mass is 10.3. The van der Waals surface area contributed by atoms with Gasteiger partial charge in [0.2, 0.25) is 0 Å². The quantitative estimate of drug-likeness (QED) is 0.363. The van der Waals surface area contributed by atoms with Crippen LogP contribution in [0.25, 0.3) is 0 Å². The van der Waals surface area contributed by atoms with E-state index >= 15 is 0 Å². The molecule has 0 saturated carbocycles. The fourth-order valence-corrected chi connectivity index (χ4v) is 0.271. The van der Waals surface area contributed by atoms with Crippen molar-refractivity contribution in [2.24, 2.45) is 11.5 Å². The van der Waals surface area contributed by atoms with Gasteiger partial charge in [0.1, 0.15) is 5.82 Å². The predicted molar refractivity (Wildman–Crippen MR) is 33.1 cm³/mol. The molecule has 0 saturated heterocycles. The van der Waals surface area contributed by atoms with Crippen molar-refractivity contribution in [2.45, 2.75) is 6.92 Å². The van der Waals surface area contributed by atoms with Crippen molar-refractivity contribution in [3.8, 4) is 0 Å². The average Bonchev–Trinajstić information content (AvgIpc) is 1.84. The molecule has 52 valence electrons. The molecule has 0 spiro atoms. The van der Waals surface area contributed by atoms with E-state index in [9.17, 15) is 4.79 Å². The standard InChI is InChI=1S/C5H10N2O2/c1-3(4(6)7)5(8)9-2/h6-7H2,1-2H3. The Kier molecular flexibility index (Phi) is 2.57. The van der Waals surface area contributed by atoms with E-state index in [1.807, 2.05) is 0 Å². The molecule has 0 unspecified atom stereocenters. The van der Waals surface area contributed by atoms with Gasteiger partial charge in [-0.1, -0.05) is 0 Å². The molecule has 0 aromatic rings. The Morgan fingerprint density at radius 1 is 1.44 bits per heavy atom. The number of hydrogen-bond acceptors (Lipinski definition) is 4. The van der Waals surface area contributed by atoms with E-state index in [0.717, 1.165) is 0 Å². The lowest BCUT2D eigenvalue weighted by molar-refractivity contribution is -0.136. The SMILES string of the molecule is COC(=O)C(C)=C(N)N. The van der Waals surface area contributed by atoms with Crippen molar-refractivity contribution in [3.05, 3.63) is 11.4 Å². The summed E-state index contributed by atoms with van der Waals surface area (Å²) in [5.41, 5.74) is 10.4. The molecule has 4 nitrogen and oxygen atoms in total. The predicted octanol–water partition coefficient (Wildman–Crippen LogP) is -0.692. The third kappa shape index (κ3) is 2.03. The fraction of sp³-hybridized carbons (Fsp3) is 0.400. The zero-order chi connectivity index (χ0) is 7.44. The molecule has 0 aliphatic rings. The Hall–Kier alpha value is -1.19. The molecular weight excluding hydrogens is 120 g/mol. The summed E-state index contributed by atoms with van der Waals surface area (Å²) in [5.74, 6) is -0.489. The molecule has 0 rings (SSSR count). The van der Waals surface area contributed by atoms with Gasteiger partial charge >= 0.3 is 5.97 Å². The normalized spacial score (nSPS) is 8.22. The molecule has 0 radical (unpaired) electrons. The second kappa shape index (κ2) is 2.96. The van der Waals surface area contributed by atoms with E-state index in [-0.39, 0.29) is 11.4 Å². The van der Waals surface area contributed by atoms with Gasteiger partial charge in [0.05, 0.1) is 12.7 Å². The van der Waals surface area contributed by atoms with Crippen LogP contribution in [0.5, 0.6) is 0 Å². The van der Waals surface area contributed by atoms with Crippen LogP contribution >= 0.6 is 0 Å². The molecule has 0 aromatic heterocycles. The summed E-state index contributed by atoms with van der Waals surface area (Å²) in [4.78, 5) is 10.5. The number of hydrogen-bond donors (Lipinski definition) is 2. The first-order valence-electron chi connectivity index (χ1n) is 2.39. The number of carbonyl (C=O) groups excluding carboxylic acids is 1. The van der Waals surface area contributed by atoms with E-state index < -0.39 is 5.97 Å². The second-order valence-corrected chi connectivity index (χ2v) is 1.57. The number of nitrogens with two attached hydrogens (primary N) is 2. The highest BCUT2D eigenvalue weighted by Crippen LogP contribution is 1.93. The fourth-order valence-electron chi connectivity index (χ4n) is 0.271. The minimum absolute atomic E-state index is 0.00171. The van der Waals surface area contributed by atoms with Crippen LogP contribution < -0.4 is 11.5 Å². The van der Waals surface area contributed by atoms with Crippen molar-refractivity contribution in [3.63, 3.8) is 0 Å². The Balaban J connectivity index is 4.21. The lowest BCUT2D eigenvalue weighted by Crippen LogP contribution is -2.16. The minimum Gasteiger partial charge on any atom is -0.466 e. The van der Waals surface area contributed by atoms with Crippen LogP contribution in [-0.2, 0) is 9.53 Å². The van der Waals surface area contributed by atoms with Gasteiger partial charge in [0.25, 0.3) is 0 Å². The molecule has 4 N–H and O–H groups in total. The van der Waals surface area contributed by atoms with Crippen LogP contribution in [0.15, 0.2) is 11.4 Å². The van der Waals surface area contributed by atoms with Gasteiger partial charge in [-0.25, -0.2) is 4.79 Å². The molecule has 4 heteroatoms. The third-order valence-electron chi connectivity index (χ3n) is 0.925. The third-order valence-corrected chi connectivity index (χ3v) is 0.925. The molecule has 0 aromatic carbocycles. The minimum atomic E-state index is -0.491. The van der Waals surface area contributed by atoms with Crippen LogP contribution in [0, 0.1) is 0 Å². The van der Waals surface area contributed by atoms with Crippen molar-refractivity contribution in [2.75, 3.05) is 7.11 Å². The highest BCUT2D eigenvalue weighted by Gasteiger charge is 2.04. The van der Waals surface area contributed by atoms with Gasteiger partial charge in [0, 0.05) is 0 Å². The number of ether oxygens (including phenoxy) is 1. The Labute approximate surface area is 53.5 Å². The summed E-state index contributed by atoms with van der Waals surface area (Å²) >= 11 is 0. The first-order valence-corrected chi connectivity index (χ1v) is 2.39. The van der Waals surface area contributed by atoms with Crippen LogP contribution in [-0.4, -0.2) is 13.1 Å². The highest BCUT2D eigenvalue weighted by atomic mass is 16.5. The monoisotopic (exact) mass is 130 g/mol. The molecule has 0 atom stereocenters. The van der Waals surface area contributed by atoms with Gasteiger partial charge < -0.3 is 16.2 Å². The Bertz CT molecular complexity index is 147. The summed E-state index contributed by atoms with van der Waals surface area (Å²) in [7, 11) is 1.27. The Morgan fingerprint density at radius 3 is 2.00 bits per heavy atom. The number of methoxy groups -OCH3 is 1. The largest absolute Gasteiger partial charge is 0.466 e. The van der Waals surface area contributed by atoms with Gasteiger partial charge in [-0.2, -0.15) is 0 Å². The van der Waals surface area contributed by atoms with E-state index in [1.54, 1.807) is 0 Å². The van der Waals surface area contributed by atoms with Gasteiger partial charge in [0.15, 0.2) is 0 Å². The highest BCUT2D eigenvalue weighted by molar-refractivity contribution is 5.88. The van der Waals surface area contributed by atoms with Crippen molar-refractivity contribution in [1.29, 1.82) is 0 Å². The van der Waals surface area contributed by atoms with E-state index in [4.69, 9.17) is 11.5 Å². The van der Waals surface area contributed by atoms with Crippen molar-refractivity contribution >= 4 is 5.97 Å². The summed E-state index contributed by atoms with van der Waals surface area (Å²) in [6.07, 6.45) is 0. The molecular formula is C5H10N2O2. The molecule has 9 heavy (non-hydrogen) atoms. The zero-order valence-electron chi connectivity index (χ0n) is 5.47. The average molecular weight is 130 g/mol. The van der Waals surface area contributed by atoms with Crippen LogP contribution in [0.3, 0.4) is 0 Å². The molecule has 0 bridgehead atoms. The maximum Gasteiger partial charge on any atom is 0.337 e. The summed E-state index contributed by atoms with van der Waals surface area (Å²) in [6, 6.07) is 0. The van der Waals surface area contributed by atoms with E-state index in [0.29, 0.717) is 0 Å². The topological polar surface area (TPSA) is 78.3 Å². The maximum atomic E-state index is 10.5. The first-order chi connectivity index (χ1) is 4.09. The van der Waals surface area contributed by atoms with Gasteiger partial charge in [-0.05, 0) is 6.92 Å². The molecule has 0 fully saturated rings. The molecule has 0 heterocycles. The van der Waals surface area contributed by atoms with E-state index in [2.05, 4.69) is 4.74 Å². The van der Waals surface area contributed by atoms with Crippen molar-refractivity contribution < 1.29 is 9.53 Å². The van der Waals surface area contributed by atoms with Gasteiger partial charge in [-0.15, -0.1) is 0 Å². The van der Waals surface area contributed by atoms with Crippen molar-refractivity contribution in [1.82, 2.24) is 0 Å². The van der Waals surface area contributed by atoms with Crippen LogP contribution in [0.2, 0.25) is 0 Å². The summed E-state index contributed by atoms with van der Waals surface area (Å²) in [5, 5.41) is 0. The van der Waals surface area contributed by atoms with Gasteiger partial charge in [-0.3, -0.25) is 0 Å².